The van der Waals surface area contributed by atoms with Gasteiger partial charge < -0.3 is 14.2 Å². The van der Waals surface area contributed by atoms with E-state index in [-0.39, 0.29) is 5.92 Å². The molecule has 0 aromatic heterocycles. The van der Waals surface area contributed by atoms with Gasteiger partial charge in [0.15, 0.2) is 0 Å². The highest BCUT2D eigenvalue weighted by atomic mass is 16.9. The van der Waals surface area contributed by atoms with Crippen LogP contribution in [0.2, 0.25) is 0 Å². The Morgan fingerprint density at radius 1 is 1.08 bits per heavy atom. The van der Waals surface area contributed by atoms with Gasteiger partial charge in [-0.2, -0.15) is 0 Å². The van der Waals surface area contributed by atoms with E-state index in [1.54, 1.807) is 21.3 Å². The van der Waals surface area contributed by atoms with Gasteiger partial charge in [-0.05, 0) is 6.42 Å². The summed E-state index contributed by atoms with van der Waals surface area (Å²) in [4.78, 5) is 0. The summed E-state index contributed by atoms with van der Waals surface area (Å²) in [6.07, 6.45) is 2.12. The normalized spacial score (nSPS) is 14.8. The van der Waals surface area contributed by atoms with Crippen LogP contribution in [-0.4, -0.2) is 27.3 Å². The predicted octanol–water partition coefficient (Wildman–Crippen LogP) is 2.02. The number of hydrogen-bond donors (Lipinski definition) is 0. The van der Waals surface area contributed by atoms with Gasteiger partial charge in [0.2, 0.25) is 0 Å². The van der Waals surface area contributed by atoms with E-state index in [0.29, 0.717) is 0 Å². The molecule has 0 aliphatic heterocycles. The first-order valence-corrected chi connectivity index (χ1v) is 4.32. The predicted molar refractivity (Wildman–Crippen MR) is 47.8 cm³/mol. The summed E-state index contributed by atoms with van der Waals surface area (Å²) in [7, 11) is 4.79. The van der Waals surface area contributed by atoms with Gasteiger partial charge in [-0.15, -0.1) is 0 Å². The van der Waals surface area contributed by atoms with Crippen molar-refractivity contribution in [2.45, 2.75) is 32.7 Å². The molecule has 0 aromatic carbocycles. The Labute approximate surface area is 75.0 Å². The first-order valence-electron chi connectivity index (χ1n) is 4.32. The maximum absolute atomic E-state index is 5.21. The van der Waals surface area contributed by atoms with Gasteiger partial charge in [0.25, 0.3) is 5.97 Å². The fraction of sp³-hybridized carbons (Fsp3) is 1.00. The lowest BCUT2D eigenvalue weighted by atomic mass is 10.0. The van der Waals surface area contributed by atoms with Gasteiger partial charge >= 0.3 is 0 Å². The number of ether oxygens (including phenoxy) is 3. The molecule has 0 N–H and O–H groups in total. The van der Waals surface area contributed by atoms with E-state index < -0.39 is 5.97 Å². The second kappa shape index (κ2) is 5.51. The third kappa shape index (κ3) is 2.44. The first-order chi connectivity index (χ1) is 5.66. The molecule has 0 heterocycles. The minimum atomic E-state index is -0.865. The zero-order valence-corrected chi connectivity index (χ0v) is 8.72. The molecule has 0 aliphatic rings. The molecule has 3 nitrogen and oxygen atoms in total. The Morgan fingerprint density at radius 2 is 1.50 bits per heavy atom. The van der Waals surface area contributed by atoms with Crippen molar-refractivity contribution in [2.24, 2.45) is 5.92 Å². The minimum absolute atomic E-state index is 0.238. The monoisotopic (exact) mass is 176 g/mol. The molecule has 74 valence electrons. The van der Waals surface area contributed by atoms with Crippen molar-refractivity contribution in [3.8, 4) is 0 Å². The van der Waals surface area contributed by atoms with Crippen LogP contribution in [0.4, 0.5) is 0 Å². The summed E-state index contributed by atoms with van der Waals surface area (Å²) in [6.45, 7) is 4.18. The van der Waals surface area contributed by atoms with E-state index in [2.05, 4.69) is 13.8 Å². The molecule has 3 heteroatoms. The van der Waals surface area contributed by atoms with Gasteiger partial charge in [0, 0.05) is 27.2 Å². The molecular weight excluding hydrogens is 156 g/mol. The average Bonchev–Trinajstić information content (AvgIpc) is 2.09. The highest BCUT2D eigenvalue weighted by Gasteiger charge is 2.36. The number of methoxy groups -OCH3 is 3. The lowest BCUT2D eigenvalue weighted by molar-refractivity contribution is -0.376. The van der Waals surface area contributed by atoms with Crippen LogP contribution in [0.15, 0.2) is 0 Å². The van der Waals surface area contributed by atoms with Crippen LogP contribution in [0.5, 0.6) is 0 Å². The zero-order valence-electron chi connectivity index (χ0n) is 8.72. The molecule has 0 radical (unpaired) electrons. The van der Waals surface area contributed by atoms with E-state index in [0.717, 1.165) is 12.8 Å². The van der Waals surface area contributed by atoms with Crippen LogP contribution in [0.1, 0.15) is 26.7 Å². The number of rotatable bonds is 6. The van der Waals surface area contributed by atoms with Gasteiger partial charge in [0.05, 0.1) is 0 Å². The van der Waals surface area contributed by atoms with E-state index in [9.17, 15) is 0 Å². The molecule has 0 rings (SSSR count). The molecule has 0 bridgehead atoms. The lowest BCUT2D eigenvalue weighted by Crippen LogP contribution is -2.42. The van der Waals surface area contributed by atoms with Gasteiger partial charge in [-0.3, -0.25) is 0 Å². The van der Waals surface area contributed by atoms with Crippen LogP contribution < -0.4 is 0 Å². The van der Waals surface area contributed by atoms with Gasteiger partial charge in [-0.1, -0.05) is 20.3 Å². The maximum Gasteiger partial charge on any atom is 0.284 e. The SMILES string of the molecule is CCCC(C)C(OC)(OC)OC. The summed E-state index contributed by atoms with van der Waals surface area (Å²) < 4.78 is 15.6. The minimum Gasteiger partial charge on any atom is -0.331 e. The molecule has 0 spiro atoms. The van der Waals surface area contributed by atoms with Gasteiger partial charge in [-0.25, -0.2) is 0 Å². The van der Waals surface area contributed by atoms with E-state index in [4.69, 9.17) is 14.2 Å². The van der Waals surface area contributed by atoms with E-state index >= 15 is 0 Å². The molecular formula is C9H20O3. The van der Waals surface area contributed by atoms with Crippen molar-refractivity contribution in [1.29, 1.82) is 0 Å². The summed E-state index contributed by atoms with van der Waals surface area (Å²) in [5.74, 6) is -0.627. The largest absolute Gasteiger partial charge is 0.331 e. The van der Waals surface area contributed by atoms with E-state index in [1.165, 1.54) is 0 Å². The third-order valence-electron chi connectivity index (χ3n) is 2.18. The molecule has 0 aromatic rings. The standard InChI is InChI=1S/C9H20O3/c1-6-7-8(2)9(10-3,11-4)12-5/h8H,6-7H2,1-5H3. The van der Waals surface area contributed by atoms with Crippen LogP contribution in [0.25, 0.3) is 0 Å². The average molecular weight is 176 g/mol. The highest BCUT2D eigenvalue weighted by molar-refractivity contribution is 4.65. The van der Waals surface area contributed by atoms with Crippen molar-refractivity contribution in [3.05, 3.63) is 0 Å². The molecule has 12 heavy (non-hydrogen) atoms. The Kier molecular flexibility index (Phi) is 5.46. The van der Waals surface area contributed by atoms with Crippen LogP contribution in [0, 0.1) is 5.92 Å². The van der Waals surface area contributed by atoms with Crippen molar-refractivity contribution >= 4 is 0 Å². The summed E-state index contributed by atoms with van der Waals surface area (Å²) >= 11 is 0. The van der Waals surface area contributed by atoms with Crippen LogP contribution in [0.3, 0.4) is 0 Å². The maximum atomic E-state index is 5.21. The molecule has 0 fully saturated rings. The topological polar surface area (TPSA) is 27.7 Å². The lowest BCUT2D eigenvalue weighted by Gasteiger charge is -2.34. The zero-order chi connectivity index (χ0) is 9.61. The van der Waals surface area contributed by atoms with Crippen molar-refractivity contribution in [1.82, 2.24) is 0 Å². The van der Waals surface area contributed by atoms with Crippen molar-refractivity contribution in [2.75, 3.05) is 21.3 Å². The Balaban J connectivity index is 4.24. The highest BCUT2D eigenvalue weighted by Crippen LogP contribution is 2.26. The Bertz CT molecular complexity index is 102. The van der Waals surface area contributed by atoms with Crippen LogP contribution >= 0.6 is 0 Å². The number of hydrogen-bond acceptors (Lipinski definition) is 3. The Hall–Kier alpha value is -0.120. The fourth-order valence-corrected chi connectivity index (χ4v) is 1.46. The van der Waals surface area contributed by atoms with Crippen molar-refractivity contribution < 1.29 is 14.2 Å². The second-order valence-corrected chi connectivity index (χ2v) is 2.91. The molecule has 0 saturated heterocycles. The third-order valence-corrected chi connectivity index (χ3v) is 2.18. The summed E-state index contributed by atoms with van der Waals surface area (Å²) in [6, 6.07) is 0. The quantitative estimate of drug-likeness (QED) is 0.579. The second-order valence-electron chi connectivity index (χ2n) is 2.91. The molecule has 1 unspecified atom stereocenters. The smallest absolute Gasteiger partial charge is 0.284 e. The van der Waals surface area contributed by atoms with Gasteiger partial charge in [0.1, 0.15) is 0 Å². The molecule has 1 atom stereocenters. The van der Waals surface area contributed by atoms with Crippen molar-refractivity contribution in [3.63, 3.8) is 0 Å². The molecule has 0 saturated carbocycles. The van der Waals surface area contributed by atoms with E-state index in [1.807, 2.05) is 0 Å². The molecule has 0 aliphatic carbocycles. The summed E-state index contributed by atoms with van der Waals surface area (Å²) in [5.41, 5.74) is 0. The first kappa shape index (κ1) is 11.9. The van der Waals surface area contributed by atoms with Crippen LogP contribution in [-0.2, 0) is 14.2 Å². The Morgan fingerprint density at radius 3 is 1.75 bits per heavy atom. The molecule has 0 amide bonds. The summed E-state index contributed by atoms with van der Waals surface area (Å²) in [5, 5.41) is 0. The fourth-order valence-electron chi connectivity index (χ4n) is 1.46.